The number of carbonyl (C=O) groups excluding carboxylic acids is 3. The van der Waals surface area contributed by atoms with E-state index in [1.807, 2.05) is 36.4 Å². The van der Waals surface area contributed by atoms with Crippen LogP contribution in [0.1, 0.15) is 24.0 Å². The summed E-state index contributed by atoms with van der Waals surface area (Å²) in [4.78, 5) is 38.9. The van der Waals surface area contributed by atoms with Crippen molar-refractivity contribution in [3.63, 3.8) is 0 Å². The predicted molar refractivity (Wildman–Crippen MR) is 157 cm³/mol. The van der Waals surface area contributed by atoms with Crippen molar-refractivity contribution in [3.05, 3.63) is 78.2 Å². The molecule has 4 aromatic rings. The van der Waals surface area contributed by atoms with Crippen LogP contribution in [0.2, 0.25) is 0 Å². The van der Waals surface area contributed by atoms with Gasteiger partial charge >= 0.3 is 6.61 Å². The van der Waals surface area contributed by atoms with Gasteiger partial charge in [0.05, 0.1) is 16.2 Å². The third-order valence-corrected chi connectivity index (χ3v) is 7.51. The molecule has 1 saturated heterocycles. The van der Waals surface area contributed by atoms with Crippen LogP contribution in [0.5, 0.6) is 11.5 Å². The number of oxazole rings is 1. The second-order valence-electron chi connectivity index (χ2n) is 9.12. The standard InChI is InChI=1S/C26H22N2O3S.C2H4F2O.2CH3NO/c29-26(15-18-8-10-25-23(14-18)31-22-5-1-2-6-24(22)32-25)28-11-3-4-19(28)12-17-7-9-21-20(13-17)27-16-30-21;1-5-2(3)4;2*2-1-3/h1-2,5-10,13-14,16,19H,3-4,11-12,15H2;2H,1H3;2*1H,(H2,2,3). The minimum atomic E-state index is -2.62. The first-order chi connectivity index (χ1) is 20.8. The Bertz CT molecular complexity index is 1500. The molecule has 1 aromatic heterocycles. The Hall–Kier alpha value is -4.49. The number of likely N-dealkylation sites (tertiary alicyclic amines) is 1. The molecule has 13 heteroatoms. The number of aromatic nitrogens is 1. The van der Waals surface area contributed by atoms with E-state index in [1.54, 1.807) is 11.8 Å². The van der Waals surface area contributed by atoms with Crippen LogP contribution in [0.25, 0.3) is 11.1 Å². The Morgan fingerprint density at radius 3 is 2.47 bits per heavy atom. The third kappa shape index (κ3) is 9.51. The molecule has 0 aliphatic carbocycles. The summed E-state index contributed by atoms with van der Waals surface area (Å²) in [5.41, 5.74) is 12.2. The van der Waals surface area contributed by atoms with Gasteiger partial charge in [0, 0.05) is 19.7 Å². The molecule has 2 aliphatic rings. The molecule has 0 bridgehead atoms. The van der Waals surface area contributed by atoms with Gasteiger partial charge in [0.25, 0.3) is 0 Å². The second kappa shape index (κ2) is 16.8. The maximum absolute atomic E-state index is 13.2. The molecule has 6 rings (SSSR count). The van der Waals surface area contributed by atoms with Gasteiger partial charge in [0.15, 0.2) is 12.0 Å². The van der Waals surface area contributed by atoms with Crippen LogP contribution < -0.4 is 16.2 Å². The van der Waals surface area contributed by atoms with Crippen molar-refractivity contribution in [1.29, 1.82) is 0 Å². The normalized spacial score (nSPS) is 14.4. The Balaban J connectivity index is 0.000000402. The minimum Gasteiger partial charge on any atom is -0.455 e. The lowest BCUT2D eigenvalue weighted by atomic mass is 10.0. The molecular weight excluding hydrogens is 582 g/mol. The summed E-state index contributed by atoms with van der Waals surface area (Å²) in [6.07, 6.45) is 5.28. The number of halogens is 2. The number of benzene rings is 3. The van der Waals surface area contributed by atoms with Crippen LogP contribution in [0.4, 0.5) is 8.78 Å². The Morgan fingerprint density at radius 2 is 1.74 bits per heavy atom. The molecule has 43 heavy (non-hydrogen) atoms. The molecule has 0 spiro atoms. The molecule has 3 aromatic carbocycles. The fourth-order valence-electron chi connectivity index (χ4n) is 4.64. The number of hydrogen-bond acceptors (Lipinski definition) is 8. The highest BCUT2D eigenvalue weighted by Crippen LogP contribution is 2.47. The van der Waals surface area contributed by atoms with Gasteiger partial charge in [0.2, 0.25) is 18.7 Å². The first-order valence-corrected chi connectivity index (χ1v) is 14.0. The molecule has 3 amide bonds. The zero-order valence-electron chi connectivity index (χ0n) is 23.4. The predicted octanol–water partition coefficient (Wildman–Crippen LogP) is 4.92. The number of rotatable bonds is 5. The van der Waals surface area contributed by atoms with Crippen LogP contribution in [-0.4, -0.2) is 54.9 Å². The summed E-state index contributed by atoms with van der Waals surface area (Å²) < 4.78 is 35.9. The summed E-state index contributed by atoms with van der Waals surface area (Å²) in [6, 6.07) is 20.5. The Labute approximate surface area is 251 Å². The van der Waals surface area contributed by atoms with E-state index >= 15 is 0 Å². The van der Waals surface area contributed by atoms with Gasteiger partial charge in [-0.3, -0.25) is 14.4 Å². The van der Waals surface area contributed by atoms with Crippen molar-refractivity contribution < 1.29 is 37.1 Å². The van der Waals surface area contributed by atoms with Gasteiger partial charge in [0.1, 0.15) is 17.0 Å². The molecule has 228 valence electrons. The topological polar surface area (TPSA) is 151 Å². The van der Waals surface area contributed by atoms with E-state index in [9.17, 15) is 13.6 Å². The molecule has 4 N–H and O–H groups in total. The fourth-order valence-corrected chi connectivity index (χ4v) is 5.57. The van der Waals surface area contributed by atoms with Gasteiger partial charge < -0.3 is 30.3 Å². The monoisotopic (exact) mass is 614 g/mol. The number of nitrogens with zero attached hydrogens (tertiary/aromatic N) is 2. The maximum atomic E-state index is 13.2. The number of hydrogen-bond donors (Lipinski definition) is 2. The Kier molecular flexibility index (Phi) is 12.9. The number of carbonyl (C=O) groups is 3. The van der Waals surface area contributed by atoms with E-state index < -0.39 is 6.61 Å². The molecule has 2 aliphatic heterocycles. The van der Waals surface area contributed by atoms with Crippen LogP contribution in [0.3, 0.4) is 0 Å². The largest absolute Gasteiger partial charge is 0.455 e. The van der Waals surface area contributed by atoms with Gasteiger partial charge in [-0.1, -0.05) is 36.0 Å². The summed E-state index contributed by atoms with van der Waals surface area (Å²) in [5.74, 6) is 1.88. The van der Waals surface area contributed by atoms with Crippen LogP contribution in [-0.2, 0) is 32.0 Å². The SMILES string of the molecule is COC(F)F.NC=O.NC=O.O=C(Cc1ccc2c(c1)Oc1ccccc1S2)N1CCCC1Cc1ccc2ocnc2c1. The molecule has 1 atom stereocenters. The van der Waals surface area contributed by atoms with E-state index in [2.05, 4.69) is 50.4 Å². The number of fused-ring (bicyclic) bond motifs is 3. The molecule has 1 unspecified atom stereocenters. The van der Waals surface area contributed by atoms with Crippen LogP contribution in [0.15, 0.2) is 81.3 Å². The number of amides is 3. The van der Waals surface area contributed by atoms with E-state index in [1.165, 1.54) is 12.0 Å². The fraction of sp³-hybridized carbons (Fsp3) is 0.267. The second-order valence-corrected chi connectivity index (χ2v) is 10.2. The summed E-state index contributed by atoms with van der Waals surface area (Å²) >= 11 is 1.71. The van der Waals surface area contributed by atoms with Gasteiger partial charge in [-0.15, -0.1) is 0 Å². The van der Waals surface area contributed by atoms with E-state index in [4.69, 9.17) is 18.7 Å². The first-order valence-electron chi connectivity index (χ1n) is 13.1. The van der Waals surface area contributed by atoms with Crippen molar-refractivity contribution in [3.8, 4) is 11.5 Å². The third-order valence-electron chi connectivity index (χ3n) is 6.39. The summed E-state index contributed by atoms with van der Waals surface area (Å²) in [7, 11) is 0.949. The zero-order chi connectivity index (χ0) is 31.2. The molecule has 1 fully saturated rings. The van der Waals surface area contributed by atoms with Crippen molar-refractivity contribution in [2.75, 3.05) is 13.7 Å². The van der Waals surface area contributed by atoms with Crippen molar-refractivity contribution in [2.45, 2.75) is 48.1 Å². The maximum Gasteiger partial charge on any atom is 0.345 e. The number of methoxy groups -OCH3 is 1. The average Bonchev–Trinajstić information content (AvgIpc) is 3.67. The highest BCUT2D eigenvalue weighted by atomic mass is 32.2. The van der Waals surface area contributed by atoms with E-state index in [0.717, 1.165) is 70.9 Å². The molecule has 3 heterocycles. The Morgan fingerprint density at radius 1 is 1.07 bits per heavy atom. The zero-order valence-corrected chi connectivity index (χ0v) is 24.2. The molecular formula is C30H32F2N4O6S. The van der Waals surface area contributed by atoms with Gasteiger partial charge in [-0.25, -0.2) is 4.98 Å². The number of para-hydroxylation sites is 1. The van der Waals surface area contributed by atoms with Crippen molar-refractivity contribution in [2.24, 2.45) is 11.5 Å². The number of alkyl halides is 2. The first kappa shape index (κ1) is 33.0. The lowest BCUT2D eigenvalue weighted by Crippen LogP contribution is -2.37. The highest BCUT2D eigenvalue weighted by Gasteiger charge is 2.29. The molecule has 0 radical (unpaired) electrons. The van der Waals surface area contributed by atoms with Crippen molar-refractivity contribution in [1.82, 2.24) is 9.88 Å². The minimum absolute atomic E-state index is 0.179. The number of primary amides is 2. The van der Waals surface area contributed by atoms with E-state index in [-0.39, 0.29) is 24.8 Å². The summed E-state index contributed by atoms with van der Waals surface area (Å²) in [5, 5.41) is 0. The lowest BCUT2D eigenvalue weighted by molar-refractivity contribution is -0.131. The van der Waals surface area contributed by atoms with Gasteiger partial charge in [-0.05, 0) is 66.8 Å². The highest BCUT2D eigenvalue weighted by molar-refractivity contribution is 7.99. The number of nitrogens with two attached hydrogens (primary N) is 2. The lowest BCUT2D eigenvalue weighted by Gasteiger charge is -2.25. The quantitative estimate of drug-likeness (QED) is 0.265. The summed E-state index contributed by atoms with van der Waals surface area (Å²) in [6.45, 7) is -1.80. The van der Waals surface area contributed by atoms with Crippen LogP contribution in [0, 0.1) is 0 Å². The smallest absolute Gasteiger partial charge is 0.345 e. The number of ether oxygens (including phenoxy) is 2. The van der Waals surface area contributed by atoms with E-state index in [0.29, 0.717) is 6.42 Å². The molecule has 10 nitrogen and oxygen atoms in total. The van der Waals surface area contributed by atoms with Gasteiger partial charge in [-0.2, -0.15) is 8.78 Å². The molecule has 0 saturated carbocycles. The van der Waals surface area contributed by atoms with Crippen LogP contribution >= 0.6 is 11.8 Å². The average molecular weight is 615 g/mol. The van der Waals surface area contributed by atoms with Crippen molar-refractivity contribution >= 4 is 41.6 Å².